The molecule has 1 atom stereocenters. The monoisotopic (exact) mass is 330 g/mol. The first kappa shape index (κ1) is 16.7. The Labute approximate surface area is 125 Å². The predicted molar refractivity (Wildman–Crippen MR) is 84.4 cm³/mol. The molecule has 1 heterocycles. The van der Waals surface area contributed by atoms with E-state index in [4.69, 9.17) is 0 Å². The number of likely N-dealkylation sites (N-methyl/N-ethyl adjacent to an activating group) is 1. The second-order valence-electron chi connectivity index (χ2n) is 5.63. The number of aryl methyl sites for hydroxylation is 1. The van der Waals surface area contributed by atoms with Gasteiger partial charge in [-0.2, -0.15) is 5.10 Å². The van der Waals surface area contributed by atoms with Crippen LogP contribution in [0.4, 0.5) is 0 Å². The zero-order valence-corrected chi connectivity index (χ0v) is 14.6. The smallest absolute Gasteiger partial charge is 0.0714 e. The lowest BCUT2D eigenvalue weighted by molar-refractivity contribution is 0.132. The molecule has 1 rings (SSSR count). The van der Waals surface area contributed by atoms with Crippen LogP contribution in [0.15, 0.2) is 10.7 Å². The molecule has 0 amide bonds. The van der Waals surface area contributed by atoms with Crippen LogP contribution in [-0.4, -0.2) is 40.9 Å². The molecule has 0 aliphatic rings. The van der Waals surface area contributed by atoms with Gasteiger partial charge in [-0.15, -0.1) is 0 Å². The highest BCUT2D eigenvalue weighted by atomic mass is 79.9. The molecule has 1 unspecified atom stereocenters. The van der Waals surface area contributed by atoms with Crippen LogP contribution in [-0.2, 0) is 6.54 Å². The van der Waals surface area contributed by atoms with E-state index in [0.717, 1.165) is 24.0 Å². The summed E-state index contributed by atoms with van der Waals surface area (Å²) in [5, 5.41) is 8.12. The van der Waals surface area contributed by atoms with Crippen molar-refractivity contribution in [3.63, 3.8) is 0 Å². The molecule has 19 heavy (non-hydrogen) atoms. The molecule has 0 aromatic carbocycles. The minimum atomic E-state index is 0.00461. The Bertz CT molecular complexity index is 398. The van der Waals surface area contributed by atoms with Crippen LogP contribution in [0.2, 0.25) is 0 Å². The molecule has 0 aliphatic heterocycles. The summed E-state index contributed by atoms with van der Waals surface area (Å²) in [5.41, 5.74) is 1.24. The van der Waals surface area contributed by atoms with Crippen LogP contribution in [0.25, 0.3) is 0 Å². The van der Waals surface area contributed by atoms with E-state index in [2.05, 4.69) is 77.7 Å². The van der Waals surface area contributed by atoms with Crippen LogP contribution in [0.5, 0.6) is 0 Å². The van der Waals surface area contributed by atoms with Crippen molar-refractivity contribution in [2.45, 2.75) is 52.2 Å². The second-order valence-corrected chi connectivity index (χ2v) is 6.48. The Hall–Kier alpha value is -0.390. The van der Waals surface area contributed by atoms with Gasteiger partial charge in [-0.1, -0.05) is 6.92 Å². The van der Waals surface area contributed by atoms with Crippen LogP contribution in [0, 0.1) is 0 Å². The van der Waals surface area contributed by atoms with E-state index < -0.39 is 0 Å². The predicted octanol–water partition coefficient (Wildman–Crippen LogP) is 3.05. The van der Waals surface area contributed by atoms with Gasteiger partial charge in [-0.3, -0.25) is 4.68 Å². The van der Waals surface area contributed by atoms with Gasteiger partial charge in [0.05, 0.1) is 22.4 Å². The highest BCUT2D eigenvalue weighted by molar-refractivity contribution is 9.10. The van der Waals surface area contributed by atoms with Gasteiger partial charge in [0.15, 0.2) is 0 Å². The van der Waals surface area contributed by atoms with E-state index in [-0.39, 0.29) is 11.6 Å². The van der Waals surface area contributed by atoms with Crippen molar-refractivity contribution in [1.29, 1.82) is 0 Å². The Morgan fingerprint density at radius 2 is 2.05 bits per heavy atom. The van der Waals surface area contributed by atoms with Crippen LogP contribution in [0.1, 0.15) is 45.9 Å². The highest BCUT2D eigenvalue weighted by Gasteiger charge is 2.35. The van der Waals surface area contributed by atoms with E-state index in [1.165, 1.54) is 5.69 Å². The van der Waals surface area contributed by atoms with Gasteiger partial charge in [0, 0.05) is 12.1 Å². The number of rotatable bonds is 7. The molecule has 0 saturated heterocycles. The molecule has 1 aromatic rings. The molecule has 0 aliphatic carbocycles. The molecule has 5 heteroatoms. The summed E-state index contributed by atoms with van der Waals surface area (Å²) in [4.78, 5) is 2.26. The Morgan fingerprint density at radius 1 is 1.42 bits per heavy atom. The fraction of sp³-hybridized carbons (Fsp3) is 0.786. The summed E-state index contributed by atoms with van der Waals surface area (Å²) >= 11 is 3.65. The molecule has 0 spiro atoms. The van der Waals surface area contributed by atoms with Crippen molar-refractivity contribution in [2.24, 2.45) is 0 Å². The van der Waals surface area contributed by atoms with Gasteiger partial charge >= 0.3 is 0 Å². The molecular formula is C14H27BrN4. The SMILES string of the molecule is CCCNC(c1c(Br)cnn1CC)C(C)(C)N(C)C. The quantitative estimate of drug-likeness (QED) is 0.834. The lowest BCUT2D eigenvalue weighted by atomic mass is 9.90. The molecule has 1 aromatic heterocycles. The van der Waals surface area contributed by atoms with E-state index >= 15 is 0 Å². The topological polar surface area (TPSA) is 33.1 Å². The first-order valence-corrected chi connectivity index (χ1v) is 7.77. The van der Waals surface area contributed by atoms with Crippen LogP contribution >= 0.6 is 15.9 Å². The van der Waals surface area contributed by atoms with Crippen molar-refractivity contribution in [3.8, 4) is 0 Å². The first-order chi connectivity index (χ1) is 8.86. The zero-order valence-electron chi connectivity index (χ0n) is 13.0. The summed E-state index contributed by atoms with van der Waals surface area (Å²) in [7, 11) is 4.25. The molecule has 0 saturated carbocycles. The fourth-order valence-electron chi connectivity index (χ4n) is 2.14. The average molecular weight is 331 g/mol. The van der Waals surface area contributed by atoms with E-state index in [0.29, 0.717) is 0 Å². The number of halogens is 1. The standard InChI is InChI=1S/C14H27BrN4/c1-7-9-16-13(14(3,4)18(5)6)12-11(15)10-17-19(12)8-2/h10,13,16H,7-9H2,1-6H3. The summed E-state index contributed by atoms with van der Waals surface area (Å²) < 4.78 is 3.15. The Morgan fingerprint density at radius 3 is 2.53 bits per heavy atom. The summed E-state index contributed by atoms with van der Waals surface area (Å²) in [5.74, 6) is 0. The molecule has 4 nitrogen and oxygen atoms in total. The van der Waals surface area contributed by atoms with Gasteiger partial charge < -0.3 is 10.2 Å². The van der Waals surface area contributed by atoms with Gasteiger partial charge in [0.25, 0.3) is 0 Å². The minimum Gasteiger partial charge on any atom is -0.307 e. The van der Waals surface area contributed by atoms with E-state index in [9.17, 15) is 0 Å². The van der Waals surface area contributed by atoms with Gasteiger partial charge in [0.2, 0.25) is 0 Å². The Balaban J connectivity index is 3.19. The molecule has 1 N–H and O–H groups in total. The van der Waals surface area contributed by atoms with Crippen molar-refractivity contribution in [3.05, 3.63) is 16.4 Å². The van der Waals surface area contributed by atoms with Crippen molar-refractivity contribution < 1.29 is 0 Å². The first-order valence-electron chi connectivity index (χ1n) is 6.98. The molecule has 0 radical (unpaired) electrons. The van der Waals surface area contributed by atoms with Gasteiger partial charge in [-0.25, -0.2) is 0 Å². The molecular weight excluding hydrogens is 304 g/mol. The lowest BCUT2D eigenvalue weighted by Gasteiger charge is -2.41. The third kappa shape index (κ3) is 3.58. The van der Waals surface area contributed by atoms with Gasteiger partial charge in [0.1, 0.15) is 0 Å². The lowest BCUT2D eigenvalue weighted by Crippen LogP contribution is -2.50. The number of hydrogen-bond donors (Lipinski definition) is 1. The van der Waals surface area contributed by atoms with Crippen molar-refractivity contribution in [2.75, 3.05) is 20.6 Å². The van der Waals surface area contributed by atoms with E-state index in [1.807, 2.05) is 6.20 Å². The van der Waals surface area contributed by atoms with Crippen molar-refractivity contribution in [1.82, 2.24) is 20.0 Å². The normalized spacial score (nSPS) is 14.1. The van der Waals surface area contributed by atoms with Crippen LogP contribution in [0.3, 0.4) is 0 Å². The molecule has 0 fully saturated rings. The van der Waals surface area contributed by atoms with Gasteiger partial charge in [-0.05, 0) is 63.8 Å². The number of nitrogens with zero attached hydrogens (tertiary/aromatic N) is 3. The maximum atomic E-state index is 4.45. The third-order valence-corrected chi connectivity index (χ3v) is 4.47. The fourth-order valence-corrected chi connectivity index (χ4v) is 2.66. The van der Waals surface area contributed by atoms with Crippen molar-refractivity contribution >= 4 is 15.9 Å². The highest BCUT2D eigenvalue weighted by Crippen LogP contribution is 2.33. The van der Waals surface area contributed by atoms with E-state index in [1.54, 1.807) is 0 Å². The minimum absolute atomic E-state index is 0.00461. The maximum Gasteiger partial charge on any atom is 0.0714 e. The van der Waals surface area contributed by atoms with Crippen LogP contribution < -0.4 is 5.32 Å². The third-order valence-electron chi connectivity index (χ3n) is 3.86. The summed E-state index contributed by atoms with van der Waals surface area (Å²) in [6.07, 6.45) is 3.02. The summed E-state index contributed by atoms with van der Waals surface area (Å²) in [6.45, 7) is 10.7. The number of nitrogens with one attached hydrogen (secondary N) is 1. The molecule has 110 valence electrons. The number of hydrogen-bond acceptors (Lipinski definition) is 3. The molecule has 0 bridgehead atoms. The Kier molecular flexibility index (Phi) is 6.02. The maximum absolute atomic E-state index is 4.45. The average Bonchev–Trinajstić information content (AvgIpc) is 2.71. The number of aromatic nitrogens is 2. The largest absolute Gasteiger partial charge is 0.307 e. The summed E-state index contributed by atoms with van der Waals surface area (Å²) in [6, 6.07) is 0.235. The zero-order chi connectivity index (χ0) is 14.6. The second kappa shape index (κ2) is 6.86.